The molecule has 0 atom stereocenters. The summed E-state index contributed by atoms with van der Waals surface area (Å²) >= 11 is 6.04. The Morgan fingerprint density at radius 3 is 2.30 bits per heavy atom. The van der Waals surface area contributed by atoms with Gasteiger partial charge < -0.3 is 0 Å². The van der Waals surface area contributed by atoms with Crippen molar-refractivity contribution in [2.24, 2.45) is 0 Å². The molecular formula is C19H13ClF2N2O2S. The smallest absolute Gasteiger partial charge is 0.232 e. The van der Waals surface area contributed by atoms with E-state index in [1.807, 2.05) is 0 Å². The van der Waals surface area contributed by atoms with Gasteiger partial charge >= 0.3 is 0 Å². The van der Waals surface area contributed by atoms with Crippen LogP contribution in [-0.2, 0) is 9.84 Å². The average Bonchev–Trinajstić information content (AvgIpc) is 3.01. The minimum Gasteiger partial charge on any atom is -0.232 e. The molecule has 0 radical (unpaired) electrons. The number of aromatic nitrogens is 2. The van der Waals surface area contributed by atoms with E-state index >= 15 is 0 Å². The Balaban J connectivity index is 2.04. The lowest BCUT2D eigenvalue weighted by Gasteiger charge is -2.07. The van der Waals surface area contributed by atoms with Gasteiger partial charge in [-0.25, -0.2) is 21.9 Å². The minimum absolute atomic E-state index is 0.147. The van der Waals surface area contributed by atoms with Crippen LogP contribution in [0, 0.1) is 0 Å². The topological polar surface area (TPSA) is 52.0 Å². The van der Waals surface area contributed by atoms with Crippen LogP contribution in [0.15, 0.2) is 59.5 Å². The summed E-state index contributed by atoms with van der Waals surface area (Å²) in [5.74, 6) is 0. The van der Waals surface area contributed by atoms with E-state index in [0.717, 1.165) is 17.0 Å². The van der Waals surface area contributed by atoms with Crippen LogP contribution in [0.3, 0.4) is 0 Å². The van der Waals surface area contributed by atoms with Crippen molar-refractivity contribution in [3.63, 3.8) is 0 Å². The average molecular weight is 407 g/mol. The highest BCUT2D eigenvalue weighted by Gasteiger charge is 2.21. The first-order valence-electron chi connectivity index (χ1n) is 7.95. The number of benzene rings is 3. The molecule has 1 heterocycles. The van der Waals surface area contributed by atoms with Crippen LogP contribution in [0.2, 0.25) is 5.02 Å². The van der Waals surface area contributed by atoms with Gasteiger partial charge in [-0.15, -0.1) is 0 Å². The Kier molecular flexibility index (Phi) is 4.16. The van der Waals surface area contributed by atoms with Crippen molar-refractivity contribution in [2.45, 2.75) is 11.3 Å². The Labute approximate surface area is 158 Å². The second-order valence-electron chi connectivity index (χ2n) is 6.19. The summed E-state index contributed by atoms with van der Waals surface area (Å²) in [6, 6.07) is 14.5. The maximum absolute atomic E-state index is 13.5. The van der Waals surface area contributed by atoms with E-state index in [0.29, 0.717) is 21.6 Å². The first-order valence-corrected chi connectivity index (χ1v) is 10.2. The molecule has 8 heteroatoms. The van der Waals surface area contributed by atoms with Gasteiger partial charge in [0.15, 0.2) is 9.84 Å². The number of fused-ring (bicyclic) bond motifs is 3. The molecular weight excluding hydrogens is 394 g/mol. The maximum Gasteiger partial charge on any atom is 0.282 e. The quantitative estimate of drug-likeness (QED) is 0.471. The fraction of sp³-hybridized carbons (Fsp3) is 0.105. The number of halogens is 3. The second kappa shape index (κ2) is 6.28. The monoisotopic (exact) mass is 406 g/mol. The molecule has 4 rings (SSSR count). The summed E-state index contributed by atoms with van der Waals surface area (Å²) in [6.45, 7) is 0. The molecule has 0 spiro atoms. The van der Waals surface area contributed by atoms with E-state index in [1.54, 1.807) is 42.5 Å². The van der Waals surface area contributed by atoms with Crippen molar-refractivity contribution in [1.29, 1.82) is 0 Å². The van der Waals surface area contributed by atoms with Crippen molar-refractivity contribution >= 4 is 43.1 Å². The Morgan fingerprint density at radius 1 is 1.00 bits per heavy atom. The van der Waals surface area contributed by atoms with Gasteiger partial charge in [0.25, 0.3) is 6.43 Å². The predicted octanol–water partition coefficient (Wildman–Crippen LogP) is 5.17. The Bertz CT molecular complexity index is 1280. The zero-order valence-corrected chi connectivity index (χ0v) is 15.6. The van der Waals surface area contributed by atoms with Crippen LogP contribution in [0.25, 0.3) is 27.4 Å². The number of hydrogen-bond acceptors (Lipinski definition) is 3. The largest absolute Gasteiger partial charge is 0.282 e. The molecule has 4 nitrogen and oxygen atoms in total. The van der Waals surface area contributed by atoms with Crippen molar-refractivity contribution in [3.8, 4) is 5.69 Å². The molecule has 0 saturated heterocycles. The van der Waals surface area contributed by atoms with Gasteiger partial charge in [0.05, 0.1) is 16.1 Å². The first-order chi connectivity index (χ1) is 12.8. The van der Waals surface area contributed by atoms with Gasteiger partial charge in [-0.2, -0.15) is 5.10 Å². The Hall–Kier alpha value is -2.51. The predicted molar refractivity (Wildman–Crippen MR) is 102 cm³/mol. The molecule has 0 aliphatic heterocycles. The lowest BCUT2D eigenvalue weighted by Crippen LogP contribution is -2.00. The minimum atomic E-state index is -3.36. The molecule has 0 aliphatic rings. The molecule has 27 heavy (non-hydrogen) atoms. The first kappa shape index (κ1) is 17.9. The number of rotatable bonds is 3. The number of hydrogen-bond donors (Lipinski definition) is 0. The Morgan fingerprint density at radius 2 is 1.67 bits per heavy atom. The molecule has 0 fully saturated rings. The summed E-state index contributed by atoms with van der Waals surface area (Å²) in [7, 11) is -3.36. The highest BCUT2D eigenvalue weighted by molar-refractivity contribution is 7.90. The summed E-state index contributed by atoms with van der Waals surface area (Å²) < 4.78 is 51.8. The molecule has 1 aromatic heterocycles. The number of sulfone groups is 1. The summed E-state index contributed by atoms with van der Waals surface area (Å²) in [5, 5.41) is 6.51. The summed E-state index contributed by atoms with van der Waals surface area (Å²) in [5.41, 5.74) is 0.683. The van der Waals surface area contributed by atoms with E-state index in [2.05, 4.69) is 5.10 Å². The highest BCUT2D eigenvalue weighted by Crippen LogP contribution is 2.34. The van der Waals surface area contributed by atoms with Crippen molar-refractivity contribution < 1.29 is 17.2 Å². The van der Waals surface area contributed by atoms with Gasteiger partial charge in [-0.1, -0.05) is 29.8 Å². The van der Waals surface area contributed by atoms with Crippen LogP contribution in [0.5, 0.6) is 0 Å². The molecule has 0 saturated carbocycles. The molecule has 138 valence electrons. The molecule has 3 aromatic carbocycles. The van der Waals surface area contributed by atoms with Gasteiger partial charge in [0.2, 0.25) is 0 Å². The van der Waals surface area contributed by atoms with E-state index < -0.39 is 16.3 Å². The zero-order chi connectivity index (χ0) is 19.3. The van der Waals surface area contributed by atoms with Crippen LogP contribution >= 0.6 is 11.6 Å². The maximum atomic E-state index is 13.5. The molecule has 0 bridgehead atoms. The fourth-order valence-electron chi connectivity index (χ4n) is 3.11. The molecule has 0 amide bonds. The normalized spacial score (nSPS) is 12.3. The van der Waals surface area contributed by atoms with E-state index in [9.17, 15) is 17.2 Å². The van der Waals surface area contributed by atoms with Gasteiger partial charge in [-0.3, -0.25) is 0 Å². The summed E-state index contributed by atoms with van der Waals surface area (Å²) in [4.78, 5) is 0.147. The standard InChI is InChI=1S/C19H13ClF2N2O2S/c1-27(25,26)14-6-4-13(5-7-14)24-18-15-9-3-12(20)10-11(15)2-8-16(18)17(23-24)19(21)22/h2-10,19H,1H3. The zero-order valence-electron chi connectivity index (χ0n) is 14.0. The second-order valence-corrected chi connectivity index (χ2v) is 8.64. The van der Waals surface area contributed by atoms with E-state index in [-0.39, 0.29) is 10.6 Å². The van der Waals surface area contributed by atoms with E-state index in [1.165, 1.54) is 16.8 Å². The lowest BCUT2D eigenvalue weighted by atomic mass is 10.1. The SMILES string of the molecule is CS(=O)(=O)c1ccc(-n2nc(C(F)F)c3ccc4cc(Cl)ccc4c32)cc1. The molecule has 0 unspecified atom stereocenters. The van der Waals surface area contributed by atoms with Crippen LogP contribution in [0.1, 0.15) is 12.1 Å². The van der Waals surface area contributed by atoms with Gasteiger partial charge in [0.1, 0.15) is 5.69 Å². The molecule has 0 N–H and O–H groups in total. The van der Waals surface area contributed by atoms with Crippen molar-refractivity contribution in [3.05, 3.63) is 65.3 Å². The summed E-state index contributed by atoms with van der Waals surface area (Å²) in [6.07, 6.45) is -1.63. The highest BCUT2D eigenvalue weighted by atomic mass is 35.5. The van der Waals surface area contributed by atoms with Crippen molar-refractivity contribution in [1.82, 2.24) is 9.78 Å². The van der Waals surface area contributed by atoms with Crippen molar-refractivity contribution in [2.75, 3.05) is 6.26 Å². The van der Waals surface area contributed by atoms with Crippen LogP contribution < -0.4 is 0 Å². The molecule has 0 aliphatic carbocycles. The third-order valence-electron chi connectivity index (χ3n) is 4.37. The van der Waals surface area contributed by atoms with Crippen LogP contribution in [-0.4, -0.2) is 24.5 Å². The van der Waals surface area contributed by atoms with Crippen LogP contribution in [0.4, 0.5) is 8.78 Å². The van der Waals surface area contributed by atoms with Gasteiger partial charge in [0, 0.05) is 22.1 Å². The third-order valence-corrected chi connectivity index (χ3v) is 5.73. The molecule has 4 aromatic rings. The number of nitrogens with zero attached hydrogens (tertiary/aromatic N) is 2. The fourth-order valence-corrected chi connectivity index (χ4v) is 3.92. The van der Waals surface area contributed by atoms with Gasteiger partial charge in [-0.05, 0) is 41.8 Å². The number of alkyl halides is 2. The lowest BCUT2D eigenvalue weighted by molar-refractivity contribution is 0.147. The third kappa shape index (κ3) is 3.07. The van der Waals surface area contributed by atoms with E-state index in [4.69, 9.17) is 11.6 Å².